The zero-order valence-corrected chi connectivity index (χ0v) is 13.7. The van der Waals surface area contributed by atoms with E-state index in [0.29, 0.717) is 23.2 Å². The molecule has 1 aromatic carbocycles. The molecule has 1 heterocycles. The van der Waals surface area contributed by atoms with Crippen LogP contribution in [0.15, 0.2) is 22.7 Å². The van der Waals surface area contributed by atoms with E-state index in [9.17, 15) is 19.1 Å². The van der Waals surface area contributed by atoms with E-state index in [1.807, 2.05) is 0 Å². The minimum atomic E-state index is -0.997. The van der Waals surface area contributed by atoms with E-state index in [4.69, 9.17) is 4.74 Å². The summed E-state index contributed by atoms with van der Waals surface area (Å²) < 4.78 is 19.0. The third kappa shape index (κ3) is 3.76. The molecule has 2 unspecified atom stereocenters. The first-order valence-electron chi connectivity index (χ1n) is 7.05. The van der Waals surface area contributed by atoms with Crippen LogP contribution in [0.4, 0.5) is 4.39 Å². The molecule has 1 N–H and O–H groups in total. The summed E-state index contributed by atoms with van der Waals surface area (Å²) in [5.41, 5.74) is 0. The van der Waals surface area contributed by atoms with E-state index in [2.05, 4.69) is 15.9 Å². The van der Waals surface area contributed by atoms with Crippen LogP contribution in [0.1, 0.15) is 26.2 Å². The Kier molecular flexibility index (Phi) is 5.39. The lowest BCUT2D eigenvalue weighted by molar-refractivity contribution is -0.155. The van der Waals surface area contributed by atoms with Gasteiger partial charge in [-0.05, 0) is 60.3 Å². The number of benzene rings is 1. The van der Waals surface area contributed by atoms with Crippen LogP contribution >= 0.6 is 15.9 Å². The van der Waals surface area contributed by atoms with Gasteiger partial charge < -0.3 is 14.7 Å². The maximum Gasteiger partial charge on any atom is 0.326 e. The van der Waals surface area contributed by atoms with E-state index in [1.165, 1.54) is 23.1 Å². The predicted molar refractivity (Wildman–Crippen MR) is 81.2 cm³/mol. The standard InChI is InChI=1S/C15H17BrFNO4/c1-9(22-13-6-5-10(17)8-11(13)16)14(19)18-7-3-2-4-12(18)15(20)21/h5-6,8-9,12H,2-4,7H2,1H3,(H,20,21). The number of aliphatic carboxylic acids is 1. The van der Waals surface area contributed by atoms with Crippen molar-refractivity contribution in [1.82, 2.24) is 4.90 Å². The summed E-state index contributed by atoms with van der Waals surface area (Å²) in [6, 6.07) is 3.10. The van der Waals surface area contributed by atoms with Gasteiger partial charge in [0.25, 0.3) is 5.91 Å². The number of amides is 1. The maximum absolute atomic E-state index is 13.0. The van der Waals surface area contributed by atoms with Crippen molar-refractivity contribution in [3.05, 3.63) is 28.5 Å². The minimum absolute atomic E-state index is 0.339. The summed E-state index contributed by atoms with van der Waals surface area (Å²) in [6.45, 7) is 1.97. The fraction of sp³-hybridized carbons (Fsp3) is 0.467. The van der Waals surface area contributed by atoms with Crippen LogP contribution in [0.25, 0.3) is 0 Å². The molecule has 2 rings (SSSR count). The highest BCUT2D eigenvalue weighted by Gasteiger charge is 2.34. The van der Waals surface area contributed by atoms with Gasteiger partial charge in [-0.1, -0.05) is 0 Å². The van der Waals surface area contributed by atoms with Gasteiger partial charge >= 0.3 is 5.97 Å². The van der Waals surface area contributed by atoms with Crippen molar-refractivity contribution in [3.63, 3.8) is 0 Å². The Labute approximate surface area is 136 Å². The van der Waals surface area contributed by atoms with Crippen molar-refractivity contribution in [2.24, 2.45) is 0 Å². The fourth-order valence-electron chi connectivity index (χ4n) is 2.50. The third-order valence-electron chi connectivity index (χ3n) is 3.62. The zero-order valence-electron chi connectivity index (χ0n) is 12.1. The number of halogens is 2. The molecule has 0 aromatic heterocycles. The smallest absolute Gasteiger partial charge is 0.326 e. The van der Waals surface area contributed by atoms with Crippen LogP contribution in [-0.4, -0.2) is 40.6 Å². The molecule has 7 heteroatoms. The van der Waals surface area contributed by atoms with Gasteiger partial charge in [0.1, 0.15) is 17.6 Å². The molecule has 1 fully saturated rings. The largest absolute Gasteiger partial charge is 0.480 e. The van der Waals surface area contributed by atoms with Gasteiger partial charge in [-0.3, -0.25) is 4.79 Å². The van der Waals surface area contributed by atoms with Crippen LogP contribution in [0.2, 0.25) is 0 Å². The molecule has 1 aliphatic heterocycles. The Morgan fingerprint density at radius 1 is 1.45 bits per heavy atom. The SMILES string of the molecule is CC(Oc1ccc(F)cc1Br)C(=O)N1CCCCC1C(=O)O. The molecule has 22 heavy (non-hydrogen) atoms. The van der Waals surface area contributed by atoms with Gasteiger partial charge in [-0.2, -0.15) is 0 Å². The van der Waals surface area contributed by atoms with E-state index in [1.54, 1.807) is 6.92 Å². The van der Waals surface area contributed by atoms with Crippen molar-refractivity contribution < 1.29 is 23.8 Å². The lowest BCUT2D eigenvalue weighted by Gasteiger charge is -2.34. The quantitative estimate of drug-likeness (QED) is 0.880. The maximum atomic E-state index is 13.0. The normalized spacial score (nSPS) is 19.6. The summed E-state index contributed by atoms with van der Waals surface area (Å²) in [6.07, 6.45) is 1.18. The predicted octanol–water partition coefficient (Wildman–Crippen LogP) is 2.82. The van der Waals surface area contributed by atoms with Gasteiger partial charge in [0, 0.05) is 6.54 Å². The number of rotatable bonds is 4. The highest BCUT2D eigenvalue weighted by Crippen LogP contribution is 2.27. The molecule has 1 amide bonds. The Bertz CT molecular complexity index is 581. The molecule has 0 radical (unpaired) electrons. The van der Waals surface area contributed by atoms with Gasteiger partial charge in [0.2, 0.25) is 0 Å². The van der Waals surface area contributed by atoms with Gasteiger partial charge in [-0.15, -0.1) is 0 Å². The Morgan fingerprint density at radius 3 is 2.82 bits per heavy atom. The number of likely N-dealkylation sites (tertiary alicyclic amines) is 1. The number of hydrogen-bond donors (Lipinski definition) is 1. The molecule has 2 atom stereocenters. The van der Waals surface area contributed by atoms with Crippen LogP contribution in [-0.2, 0) is 9.59 Å². The molecule has 5 nitrogen and oxygen atoms in total. The number of carboxylic acid groups (broad SMARTS) is 1. The molecule has 1 aliphatic rings. The number of piperidine rings is 1. The zero-order chi connectivity index (χ0) is 16.3. The molecule has 1 aromatic rings. The third-order valence-corrected chi connectivity index (χ3v) is 4.24. The first kappa shape index (κ1) is 16.7. The van der Waals surface area contributed by atoms with Crippen molar-refractivity contribution in [2.45, 2.75) is 38.3 Å². The van der Waals surface area contributed by atoms with E-state index >= 15 is 0 Å². The first-order chi connectivity index (χ1) is 10.4. The Morgan fingerprint density at radius 2 is 2.18 bits per heavy atom. The first-order valence-corrected chi connectivity index (χ1v) is 7.84. The molecule has 1 saturated heterocycles. The minimum Gasteiger partial charge on any atom is -0.480 e. The monoisotopic (exact) mass is 373 g/mol. The van der Waals surface area contributed by atoms with Crippen LogP contribution in [0.3, 0.4) is 0 Å². The molecule has 0 aliphatic carbocycles. The average molecular weight is 374 g/mol. The fourth-order valence-corrected chi connectivity index (χ4v) is 2.94. The second kappa shape index (κ2) is 7.09. The molecule has 0 bridgehead atoms. The lowest BCUT2D eigenvalue weighted by Crippen LogP contribution is -2.52. The van der Waals surface area contributed by atoms with Crippen molar-refractivity contribution in [1.29, 1.82) is 0 Å². The molecule has 0 spiro atoms. The second-order valence-electron chi connectivity index (χ2n) is 5.22. The Hall–Kier alpha value is -1.63. The van der Waals surface area contributed by atoms with Gasteiger partial charge in [0.15, 0.2) is 6.10 Å². The van der Waals surface area contributed by atoms with Crippen LogP contribution < -0.4 is 4.74 Å². The highest BCUT2D eigenvalue weighted by atomic mass is 79.9. The topological polar surface area (TPSA) is 66.8 Å². The number of ether oxygens (including phenoxy) is 1. The lowest BCUT2D eigenvalue weighted by atomic mass is 10.0. The van der Waals surface area contributed by atoms with E-state index in [0.717, 1.165) is 12.8 Å². The van der Waals surface area contributed by atoms with Crippen molar-refractivity contribution >= 4 is 27.8 Å². The van der Waals surface area contributed by atoms with Gasteiger partial charge in [0.05, 0.1) is 4.47 Å². The van der Waals surface area contributed by atoms with Gasteiger partial charge in [-0.25, -0.2) is 9.18 Å². The van der Waals surface area contributed by atoms with E-state index < -0.39 is 23.9 Å². The second-order valence-corrected chi connectivity index (χ2v) is 6.07. The Balaban J connectivity index is 2.09. The van der Waals surface area contributed by atoms with Crippen LogP contribution in [0.5, 0.6) is 5.75 Å². The summed E-state index contributed by atoms with van der Waals surface area (Å²) >= 11 is 3.17. The average Bonchev–Trinajstić information content (AvgIpc) is 2.49. The number of nitrogens with zero attached hydrogens (tertiary/aromatic N) is 1. The summed E-state index contributed by atoms with van der Waals surface area (Å²) in [5, 5.41) is 9.22. The molecule has 120 valence electrons. The number of carbonyl (C=O) groups is 2. The molecular weight excluding hydrogens is 357 g/mol. The highest BCUT2D eigenvalue weighted by molar-refractivity contribution is 9.10. The van der Waals surface area contributed by atoms with Crippen molar-refractivity contribution in [2.75, 3.05) is 6.54 Å². The number of carboxylic acids is 1. The summed E-state index contributed by atoms with van der Waals surface area (Å²) in [5.74, 6) is -1.45. The number of hydrogen-bond acceptors (Lipinski definition) is 3. The molecular formula is C15H17BrFNO4. The van der Waals surface area contributed by atoms with Crippen LogP contribution in [0, 0.1) is 5.82 Å². The summed E-state index contributed by atoms with van der Waals surface area (Å²) in [4.78, 5) is 25.1. The van der Waals surface area contributed by atoms with Crippen molar-refractivity contribution in [3.8, 4) is 5.75 Å². The molecule has 0 saturated carbocycles. The number of carbonyl (C=O) groups excluding carboxylic acids is 1. The van der Waals surface area contributed by atoms with E-state index in [-0.39, 0.29) is 5.91 Å². The summed E-state index contributed by atoms with van der Waals surface area (Å²) in [7, 11) is 0.